The van der Waals surface area contributed by atoms with Gasteiger partial charge in [0, 0.05) is 16.3 Å². The third-order valence-electron chi connectivity index (χ3n) is 4.11. The van der Waals surface area contributed by atoms with Crippen molar-refractivity contribution in [1.82, 2.24) is 5.32 Å². The van der Waals surface area contributed by atoms with Crippen LogP contribution in [0.25, 0.3) is 0 Å². The summed E-state index contributed by atoms with van der Waals surface area (Å²) in [6, 6.07) is 11.8. The molecule has 2 aromatic rings. The van der Waals surface area contributed by atoms with E-state index in [1.807, 2.05) is 38.3 Å². The van der Waals surface area contributed by atoms with Gasteiger partial charge >= 0.3 is 0 Å². The van der Waals surface area contributed by atoms with Crippen LogP contribution in [0, 0.1) is 13.8 Å². The second-order valence-corrected chi connectivity index (χ2v) is 7.52. The van der Waals surface area contributed by atoms with Crippen LogP contribution >= 0.6 is 23.4 Å². The number of benzene rings is 2. The molecule has 0 saturated carbocycles. The van der Waals surface area contributed by atoms with E-state index in [4.69, 9.17) is 11.6 Å². The Labute approximate surface area is 163 Å². The second kappa shape index (κ2) is 9.64. The van der Waals surface area contributed by atoms with Crippen LogP contribution in [-0.2, 0) is 4.79 Å². The number of thioether (sulfide) groups is 1. The zero-order valence-corrected chi connectivity index (χ0v) is 16.7. The predicted octanol–water partition coefficient (Wildman–Crippen LogP) is 4.45. The lowest BCUT2D eigenvalue weighted by molar-refractivity contribution is -0.118. The molecule has 0 aliphatic rings. The van der Waals surface area contributed by atoms with Crippen LogP contribution in [0.3, 0.4) is 0 Å². The van der Waals surface area contributed by atoms with E-state index in [0.717, 1.165) is 22.6 Å². The van der Waals surface area contributed by atoms with Crippen molar-refractivity contribution in [3.63, 3.8) is 0 Å². The maximum Gasteiger partial charge on any atom is 0.251 e. The monoisotopic (exact) mass is 390 g/mol. The van der Waals surface area contributed by atoms with Gasteiger partial charge in [-0.25, -0.2) is 0 Å². The molecular weight excluding hydrogens is 368 g/mol. The first-order valence-corrected chi connectivity index (χ1v) is 10.1. The number of rotatable bonds is 7. The topological polar surface area (TPSA) is 58.2 Å². The summed E-state index contributed by atoms with van der Waals surface area (Å²) in [6.07, 6.45) is 2.52. The lowest BCUT2D eigenvalue weighted by atomic mass is 10.1. The number of amides is 2. The Balaban J connectivity index is 2.09. The largest absolute Gasteiger partial charge is 0.340 e. The second-order valence-electron chi connectivity index (χ2n) is 6.10. The molecule has 0 aromatic heterocycles. The van der Waals surface area contributed by atoms with Crippen LogP contribution in [0.15, 0.2) is 42.5 Å². The van der Waals surface area contributed by atoms with Gasteiger partial charge in [0.05, 0.1) is 0 Å². The number of aryl methyl sites for hydroxylation is 2. The maximum absolute atomic E-state index is 12.7. The molecular formula is C20H23ClN2O2S. The molecule has 138 valence electrons. The molecule has 1 unspecified atom stereocenters. The lowest BCUT2D eigenvalue weighted by Gasteiger charge is -2.18. The molecule has 0 radical (unpaired) electrons. The summed E-state index contributed by atoms with van der Waals surface area (Å²) in [5, 5.41) is 6.29. The highest BCUT2D eigenvalue weighted by Crippen LogP contribution is 2.15. The summed E-state index contributed by atoms with van der Waals surface area (Å²) in [5.41, 5.74) is 3.47. The Bertz CT molecular complexity index is 778. The first-order valence-electron chi connectivity index (χ1n) is 8.34. The first kappa shape index (κ1) is 20.3. The molecule has 26 heavy (non-hydrogen) atoms. The standard InChI is InChI=1S/C20H23ClN2O2S/c1-13-4-9-17(12-14(13)2)22-20(25)18(10-11-26-3)23-19(24)15-5-7-16(21)8-6-15/h4-9,12,18H,10-11H2,1-3H3,(H,22,25)(H,23,24). The highest BCUT2D eigenvalue weighted by Gasteiger charge is 2.21. The minimum atomic E-state index is -0.604. The highest BCUT2D eigenvalue weighted by atomic mass is 35.5. The summed E-state index contributed by atoms with van der Waals surface area (Å²) in [6.45, 7) is 4.02. The van der Waals surface area contributed by atoms with Gasteiger partial charge in [-0.05, 0) is 79.8 Å². The number of carbonyl (C=O) groups excluding carboxylic acids is 2. The molecule has 1 atom stereocenters. The van der Waals surface area contributed by atoms with E-state index in [2.05, 4.69) is 10.6 Å². The van der Waals surface area contributed by atoms with E-state index in [9.17, 15) is 9.59 Å². The number of hydrogen-bond acceptors (Lipinski definition) is 3. The number of anilines is 1. The average Bonchev–Trinajstić information content (AvgIpc) is 2.62. The van der Waals surface area contributed by atoms with E-state index in [0.29, 0.717) is 17.0 Å². The van der Waals surface area contributed by atoms with Crippen molar-refractivity contribution in [3.05, 3.63) is 64.2 Å². The fourth-order valence-corrected chi connectivity index (χ4v) is 2.99. The van der Waals surface area contributed by atoms with Crippen LogP contribution in [0.5, 0.6) is 0 Å². The molecule has 2 aromatic carbocycles. The van der Waals surface area contributed by atoms with Crippen molar-refractivity contribution >= 4 is 40.9 Å². The third kappa shape index (κ3) is 5.78. The number of carbonyl (C=O) groups is 2. The molecule has 2 N–H and O–H groups in total. The maximum atomic E-state index is 12.7. The van der Waals surface area contributed by atoms with Gasteiger partial charge in [-0.2, -0.15) is 11.8 Å². The normalized spacial score (nSPS) is 11.7. The molecule has 0 saturated heterocycles. The van der Waals surface area contributed by atoms with Crippen LogP contribution in [-0.4, -0.2) is 29.9 Å². The molecule has 0 spiro atoms. The van der Waals surface area contributed by atoms with Gasteiger partial charge in [-0.3, -0.25) is 9.59 Å². The van der Waals surface area contributed by atoms with Gasteiger partial charge in [0.25, 0.3) is 5.91 Å². The van der Waals surface area contributed by atoms with Gasteiger partial charge in [0.2, 0.25) is 5.91 Å². The van der Waals surface area contributed by atoms with Crippen molar-refractivity contribution in [2.75, 3.05) is 17.3 Å². The Kier molecular flexibility index (Phi) is 7.54. The Hall–Kier alpha value is -1.98. The zero-order valence-electron chi connectivity index (χ0n) is 15.1. The summed E-state index contributed by atoms with van der Waals surface area (Å²) >= 11 is 7.49. The summed E-state index contributed by atoms with van der Waals surface area (Å²) in [7, 11) is 0. The summed E-state index contributed by atoms with van der Waals surface area (Å²) < 4.78 is 0. The highest BCUT2D eigenvalue weighted by molar-refractivity contribution is 7.98. The average molecular weight is 391 g/mol. The molecule has 0 aliphatic carbocycles. The quantitative estimate of drug-likeness (QED) is 0.734. The van der Waals surface area contributed by atoms with Gasteiger partial charge in [-0.15, -0.1) is 0 Å². The van der Waals surface area contributed by atoms with E-state index in [-0.39, 0.29) is 11.8 Å². The minimum absolute atomic E-state index is 0.218. The molecule has 6 heteroatoms. The number of halogens is 1. The van der Waals surface area contributed by atoms with Gasteiger partial charge in [-0.1, -0.05) is 17.7 Å². The number of hydrogen-bond donors (Lipinski definition) is 2. The number of nitrogens with one attached hydrogen (secondary N) is 2. The van der Waals surface area contributed by atoms with Crippen molar-refractivity contribution < 1.29 is 9.59 Å². The Morgan fingerprint density at radius 2 is 1.77 bits per heavy atom. The van der Waals surface area contributed by atoms with Gasteiger partial charge in [0.15, 0.2) is 0 Å². The van der Waals surface area contributed by atoms with E-state index >= 15 is 0 Å². The SMILES string of the molecule is CSCCC(NC(=O)c1ccc(Cl)cc1)C(=O)Nc1ccc(C)c(C)c1. The van der Waals surface area contributed by atoms with Crippen molar-refractivity contribution in [2.24, 2.45) is 0 Å². The molecule has 0 fully saturated rings. The first-order chi connectivity index (χ1) is 12.4. The fourth-order valence-electron chi connectivity index (χ4n) is 2.40. The molecule has 4 nitrogen and oxygen atoms in total. The zero-order chi connectivity index (χ0) is 19.1. The van der Waals surface area contributed by atoms with Crippen LogP contribution < -0.4 is 10.6 Å². The van der Waals surface area contributed by atoms with E-state index in [1.54, 1.807) is 36.0 Å². The predicted molar refractivity (Wildman–Crippen MR) is 110 cm³/mol. The minimum Gasteiger partial charge on any atom is -0.340 e. The Morgan fingerprint density at radius 3 is 2.38 bits per heavy atom. The fraction of sp³-hybridized carbons (Fsp3) is 0.300. The molecule has 2 rings (SSSR count). The third-order valence-corrected chi connectivity index (χ3v) is 5.01. The smallest absolute Gasteiger partial charge is 0.251 e. The van der Waals surface area contributed by atoms with Gasteiger partial charge in [0.1, 0.15) is 6.04 Å². The molecule has 0 heterocycles. The van der Waals surface area contributed by atoms with Crippen LogP contribution in [0.1, 0.15) is 27.9 Å². The van der Waals surface area contributed by atoms with Crippen molar-refractivity contribution in [2.45, 2.75) is 26.3 Å². The van der Waals surface area contributed by atoms with Crippen molar-refractivity contribution in [3.8, 4) is 0 Å². The summed E-state index contributed by atoms with van der Waals surface area (Å²) in [5.74, 6) is 0.263. The molecule has 2 amide bonds. The van der Waals surface area contributed by atoms with Crippen LogP contribution in [0.2, 0.25) is 5.02 Å². The summed E-state index contributed by atoms with van der Waals surface area (Å²) in [4.78, 5) is 25.1. The van der Waals surface area contributed by atoms with Crippen LogP contribution in [0.4, 0.5) is 5.69 Å². The van der Waals surface area contributed by atoms with E-state index in [1.165, 1.54) is 0 Å². The van der Waals surface area contributed by atoms with Crippen molar-refractivity contribution in [1.29, 1.82) is 0 Å². The molecule has 0 aliphatic heterocycles. The van der Waals surface area contributed by atoms with E-state index < -0.39 is 6.04 Å². The Morgan fingerprint density at radius 1 is 1.08 bits per heavy atom. The lowest BCUT2D eigenvalue weighted by Crippen LogP contribution is -2.44. The molecule has 0 bridgehead atoms. The van der Waals surface area contributed by atoms with Gasteiger partial charge < -0.3 is 10.6 Å².